The van der Waals surface area contributed by atoms with E-state index in [1.165, 1.54) is 0 Å². The smallest absolute Gasteiger partial charge is 0.202 e. The van der Waals surface area contributed by atoms with E-state index in [-0.39, 0.29) is 10.7 Å². The van der Waals surface area contributed by atoms with Gasteiger partial charge in [-0.2, -0.15) is 0 Å². The molecule has 45 heavy (non-hydrogen) atoms. The number of hydrogen-bond acceptors (Lipinski definition) is 3. The van der Waals surface area contributed by atoms with Gasteiger partial charge in [-0.15, -0.1) is 0 Å². The summed E-state index contributed by atoms with van der Waals surface area (Å²) in [7, 11) is -6.94. The summed E-state index contributed by atoms with van der Waals surface area (Å²) in [6.45, 7) is 1.93. The minimum absolute atomic E-state index is 0.135. The largest absolute Gasteiger partial charge is 0.453 e. The van der Waals surface area contributed by atoms with Gasteiger partial charge in [0, 0.05) is 5.56 Å². The minimum Gasteiger partial charge on any atom is -0.453 e. The molecular formula is C39H33N2O2PS. The molecule has 6 aromatic carbocycles. The SMILES string of the molecule is Cc1ccc(S(=O)(=O)[N-]/C(Nc2ccccc2)=C(/c2ccccc2)[P+](c2ccccc2)(c2ccccc2)c2ccccc2)cc1. The van der Waals surface area contributed by atoms with E-state index < -0.39 is 17.3 Å². The Bertz CT molecular complexity index is 1890. The van der Waals surface area contributed by atoms with Crippen LogP contribution in [0.3, 0.4) is 0 Å². The highest BCUT2D eigenvalue weighted by Crippen LogP contribution is 2.67. The highest BCUT2D eigenvalue weighted by molar-refractivity contribution is 8.03. The normalized spacial score (nSPS) is 12.2. The third kappa shape index (κ3) is 6.32. The highest BCUT2D eigenvalue weighted by atomic mass is 32.2. The summed E-state index contributed by atoms with van der Waals surface area (Å²) in [5.41, 5.74) is 2.58. The van der Waals surface area contributed by atoms with Crippen LogP contribution < -0.4 is 21.2 Å². The lowest BCUT2D eigenvalue weighted by Gasteiger charge is -2.35. The summed E-state index contributed by atoms with van der Waals surface area (Å²) < 4.78 is 33.1. The predicted molar refractivity (Wildman–Crippen MR) is 190 cm³/mol. The number of hydrogen-bond donors (Lipinski definition) is 1. The molecule has 0 radical (unpaired) electrons. The van der Waals surface area contributed by atoms with Crippen molar-refractivity contribution in [1.29, 1.82) is 0 Å². The molecule has 0 saturated carbocycles. The Labute approximate surface area is 266 Å². The fourth-order valence-corrected chi connectivity index (χ4v) is 11.1. The van der Waals surface area contributed by atoms with Crippen molar-refractivity contribution in [2.75, 3.05) is 5.32 Å². The van der Waals surface area contributed by atoms with E-state index in [9.17, 15) is 8.42 Å². The number of nitrogens with one attached hydrogen (secondary N) is 1. The van der Waals surface area contributed by atoms with Gasteiger partial charge in [-0.05, 0) is 67.0 Å². The Morgan fingerprint density at radius 3 is 1.38 bits per heavy atom. The van der Waals surface area contributed by atoms with Gasteiger partial charge in [0.2, 0.25) is 10.0 Å². The second-order valence-electron chi connectivity index (χ2n) is 10.6. The Morgan fingerprint density at radius 1 is 0.533 bits per heavy atom. The molecule has 0 unspecified atom stereocenters. The van der Waals surface area contributed by atoms with Crippen LogP contribution in [0.2, 0.25) is 0 Å². The lowest BCUT2D eigenvalue weighted by molar-refractivity contribution is 0.603. The first kappa shape index (κ1) is 30.1. The van der Waals surface area contributed by atoms with Gasteiger partial charge in [0.05, 0.1) is 4.90 Å². The number of para-hydroxylation sites is 1. The molecule has 0 fully saturated rings. The number of sulfonamides is 1. The first-order chi connectivity index (χ1) is 22.0. The molecule has 0 amide bonds. The van der Waals surface area contributed by atoms with Crippen LogP contribution in [0.4, 0.5) is 5.69 Å². The molecule has 6 heteroatoms. The Balaban J connectivity index is 1.77. The minimum atomic E-state index is -4.13. The maximum atomic E-state index is 14.2. The summed E-state index contributed by atoms with van der Waals surface area (Å²) >= 11 is 0. The molecule has 0 aliphatic carbocycles. The van der Waals surface area contributed by atoms with Crippen LogP contribution in [-0.4, -0.2) is 8.42 Å². The maximum Gasteiger partial charge on any atom is 0.202 e. The molecule has 0 atom stereocenters. The van der Waals surface area contributed by atoms with E-state index in [2.05, 4.69) is 41.7 Å². The summed E-state index contributed by atoms with van der Waals surface area (Å²) in [4.78, 5) is 0.135. The number of rotatable bonds is 10. The van der Waals surface area contributed by atoms with Gasteiger partial charge in [-0.1, -0.05) is 133 Å². The van der Waals surface area contributed by atoms with Crippen LogP contribution in [0, 0.1) is 6.92 Å². The number of nitrogens with zero attached hydrogens (tertiary/aromatic N) is 1. The first-order valence-corrected chi connectivity index (χ1v) is 17.9. The van der Waals surface area contributed by atoms with Crippen LogP contribution in [0.15, 0.2) is 187 Å². The molecule has 0 heterocycles. The summed E-state index contributed by atoms with van der Waals surface area (Å²) in [6.07, 6.45) is 0. The first-order valence-electron chi connectivity index (χ1n) is 14.7. The van der Waals surface area contributed by atoms with Crippen molar-refractivity contribution < 1.29 is 8.42 Å². The average molecular weight is 625 g/mol. The average Bonchev–Trinajstić information content (AvgIpc) is 3.09. The van der Waals surface area contributed by atoms with E-state index in [1.54, 1.807) is 24.3 Å². The van der Waals surface area contributed by atoms with Gasteiger partial charge in [-0.25, -0.2) is 8.42 Å². The molecule has 222 valence electrons. The van der Waals surface area contributed by atoms with Crippen molar-refractivity contribution in [2.45, 2.75) is 11.8 Å². The molecule has 0 aliphatic rings. The van der Waals surface area contributed by atoms with Crippen LogP contribution in [0.25, 0.3) is 10.0 Å². The molecular weight excluding hydrogens is 591 g/mol. The van der Waals surface area contributed by atoms with E-state index in [0.717, 1.165) is 38.0 Å². The van der Waals surface area contributed by atoms with Gasteiger partial charge in [-0.3, -0.25) is 0 Å². The quantitative estimate of drug-likeness (QED) is 0.156. The lowest BCUT2D eigenvalue weighted by atomic mass is 10.2. The summed E-state index contributed by atoms with van der Waals surface area (Å²) in [5.74, 6) is 0.276. The van der Waals surface area contributed by atoms with Crippen molar-refractivity contribution >= 4 is 44.2 Å². The molecule has 0 aliphatic heterocycles. The summed E-state index contributed by atoms with van der Waals surface area (Å²) in [5, 5.41) is 7.54. The molecule has 6 rings (SSSR count). The van der Waals surface area contributed by atoms with Crippen molar-refractivity contribution in [1.82, 2.24) is 0 Å². The molecule has 6 aromatic rings. The zero-order chi connectivity index (χ0) is 31.1. The van der Waals surface area contributed by atoms with Crippen LogP contribution in [-0.2, 0) is 10.0 Å². The van der Waals surface area contributed by atoms with Gasteiger partial charge in [0.15, 0.2) is 0 Å². The van der Waals surface area contributed by atoms with Crippen LogP contribution in [0.5, 0.6) is 0 Å². The third-order valence-electron chi connectivity index (χ3n) is 7.60. The Kier molecular flexibility index (Phi) is 8.93. The van der Waals surface area contributed by atoms with E-state index in [4.69, 9.17) is 4.72 Å². The van der Waals surface area contributed by atoms with Crippen molar-refractivity contribution in [3.8, 4) is 0 Å². The fourth-order valence-electron chi connectivity index (χ4n) is 5.54. The number of aryl methyl sites for hydroxylation is 1. The van der Waals surface area contributed by atoms with Crippen LogP contribution >= 0.6 is 7.26 Å². The van der Waals surface area contributed by atoms with Gasteiger partial charge >= 0.3 is 0 Å². The Morgan fingerprint density at radius 2 is 0.933 bits per heavy atom. The zero-order valence-corrected chi connectivity index (χ0v) is 26.6. The second-order valence-corrected chi connectivity index (χ2v) is 15.6. The molecule has 0 saturated heterocycles. The van der Waals surface area contributed by atoms with Crippen molar-refractivity contribution in [3.05, 3.63) is 198 Å². The topological polar surface area (TPSA) is 60.3 Å². The molecule has 1 N–H and O–H groups in total. The zero-order valence-electron chi connectivity index (χ0n) is 24.9. The molecule has 0 bridgehead atoms. The van der Waals surface area contributed by atoms with E-state index in [0.29, 0.717) is 0 Å². The number of benzene rings is 6. The predicted octanol–water partition coefficient (Wildman–Crippen LogP) is 8.49. The molecule has 4 nitrogen and oxygen atoms in total. The molecule has 0 aromatic heterocycles. The third-order valence-corrected chi connectivity index (χ3v) is 13.3. The van der Waals surface area contributed by atoms with E-state index >= 15 is 0 Å². The Hall–Kier alpha value is -4.96. The van der Waals surface area contributed by atoms with Crippen molar-refractivity contribution in [3.63, 3.8) is 0 Å². The monoisotopic (exact) mass is 624 g/mol. The summed E-state index contributed by atoms with van der Waals surface area (Å²) in [6, 6.07) is 57.6. The van der Waals surface area contributed by atoms with Crippen LogP contribution in [0.1, 0.15) is 11.1 Å². The fraction of sp³-hybridized carbons (Fsp3) is 0.0256. The van der Waals surface area contributed by atoms with Gasteiger partial charge < -0.3 is 10.0 Å². The van der Waals surface area contributed by atoms with Gasteiger partial charge in [0.25, 0.3) is 0 Å². The highest BCUT2D eigenvalue weighted by Gasteiger charge is 2.50. The molecule has 0 spiro atoms. The number of anilines is 1. The van der Waals surface area contributed by atoms with E-state index in [1.807, 2.05) is 122 Å². The standard InChI is InChI=1S/C39H33N2O2PS/c1-31-27-29-37(30-28-31)45(42,43)41-39(40-33-19-9-3-10-20-33)38(32-17-7-2-8-18-32)44(34-21-11-4-12-22-34,35-23-13-5-14-24-35)36-25-15-6-16-26-36/h2-30,40H,1H3/b39-38-. The van der Waals surface area contributed by atoms with Crippen molar-refractivity contribution in [2.24, 2.45) is 0 Å². The maximum absolute atomic E-state index is 14.2. The lowest BCUT2D eigenvalue weighted by Crippen LogP contribution is -2.33. The van der Waals surface area contributed by atoms with Gasteiger partial charge in [0.1, 0.15) is 28.5 Å². The second kappa shape index (κ2) is 13.4.